The molecule has 6 nitrogen and oxygen atoms in total. The predicted molar refractivity (Wildman–Crippen MR) is 105 cm³/mol. The Morgan fingerprint density at radius 2 is 2.08 bits per heavy atom. The summed E-state index contributed by atoms with van der Waals surface area (Å²) >= 11 is 0. The molecule has 1 aliphatic carbocycles. The minimum absolute atomic E-state index is 0.164. The summed E-state index contributed by atoms with van der Waals surface area (Å²) in [5.41, 5.74) is 2.13. The Labute approximate surface area is 156 Å². The number of aromatic amines is 1. The summed E-state index contributed by atoms with van der Waals surface area (Å²) in [7, 11) is 0. The number of hydrogen-bond acceptors (Lipinski definition) is 4. The molecule has 0 radical (unpaired) electrons. The molecule has 1 aromatic rings. The Balaban J connectivity index is 1.77. The van der Waals surface area contributed by atoms with Gasteiger partial charge in [-0.15, -0.1) is 0 Å². The van der Waals surface area contributed by atoms with Crippen molar-refractivity contribution >= 4 is 17.2 Å². The first-order valence-electron chi connectivity index (χ1n) is 9.71. The van der Waals surface area contributed by atoms with Gasteiger partial charge in [0.25, 0.3) is 5.91 Å². The highest BCUT2D eigenvalue weighted by Crippen LogP contribution is 2.22. The van der Waals surface area contributed by atoms with Crippen molar-refractivity contribution in [2.75, 3.05) is 6.61 Å². The molecule has 6 heteroatoms. The lowest BCUT2D eigenvalue weighted by molar-refractivity contribution is 0.0204. The van der Waals surface area contributed by atoms with Crippen molar-refractivity contribution in [3.63, 3.8) is 0 Å². The van der Waals surface area contributed by atoms with Crippen LogP contribution in [0.4, 0.5) is 0 Å². The molecule has 2 rings (SSSR count). The van der Waals surface area contributed by atoms with E-state index in [9.17, 15) is 4.79 Å². The number of nitrogens with zero attached hydrogens (tertiary/aromatic N) is 1. The van der Waals surface area contributed by atoms with Gasteiger partial charge in [-0.05, 0) is 57.6 Å². The SMILES string of the molecule is CCCCCOC1CCC(NC(=O)c2ncc(/C(C)=C\C(C)=N)[nH]2)CC1. The molecule has 144 valence electrons. The van der Waals surface area contributed by atoms with Gasteiger partial charge in [0.05, 0.1) is 18.0 Å². The normalized spacial score (nSPS) is 20.8. The zero-order chi connectivity index (χ0) is 18.9. The van der Waals surface area contributed by atoms with Crippen LogP contribution in [0.3, 0.4) is 0 Å². The first-order chi connectivity index (χ1) is 12.5. The smallest absolute Gasteiger partial charge is 0.287 e. The largest absolute Gasteiger partial charge is 0.378 e. The van der Waals surface area contributed by atoms with Crippen LogP contribution in [0, 0.1) is 5.41 Å². The van der Waals surface area contributed by atoms with Gasteiger partial charge in [-0.25, -0.2) is 4.98 Å². The molecule has 1 aromatic heterocycles. The lowest BCUT2D eigenvalue weighted by Crippen LogP contribution is -2.39. The zero-order valence-corrected chi connectivity index (χ0v) is 16.2. The van der Waals surface area contributed by atoms with Crippen molar-refractivity contribution in [2.45, 2.75) is 77.9 Å². The summed E-state index contributed by atoms with van der Waals surface area (Å²) in [5, 5.41) is 10.6. The number of amides is 1. The van der Waals surface area contributed by atoms with Crippen molar-refractivity contribution in [1.82, 2.24) is 15.3 Å². The van der Waals surface area contributed by atoms with Crippen molar-refractivity contribution in [3.05, 3.63) is 23.8 Å². The maximum Gasteiger partial charge on any atom is 0.287 e. The Morgan fingerprint density at radius 1 is 1.35 bits per heavy atom. The Morgan fingerprint density at radius 3 is 2.73 bits per heavy atom. The number of ether oxygens (including phenoxy) is 1. The van der Waals surface area contributed by atoms with Crippen molar-refractivity contribution < 1.29 is 9.53 Å². The molecular formula is C20H32N4O2. The summed E-state index contributed by atoms with van der Waals surface area (Å²) in [6, 6.07) is 0.187. The molecule has 0 bridgehead atoms. The number of hydrogen-bond donors (Lipinski definition) is 3. The first-order valence-corrected chi connectivity index (χ1v) is 9.71. The highest BCUT2D eigenvalue weighted by Gasteiger charge is 2.24. The topological polar surface area (TPSA) is 90.9 Å². The van der Waals surface area contributed by atoms with Crippen LogP contribution in [0.5, 0.6) is 0 Å². The van der Waals surface area contributed by atoms with Gasteiger partial charge < -0.3 is 20.4 Å². The van der Waals surface area contributed by atoms with E-state index in [0.29, 0.717) is 17.6 Å². The highest BCUT2D eigenvalue weighted by atomic mass is 16.5. The van der Waals surface area contributed by atoms with Gasteiger partial charge in [-0.3, -0.25) is 4.79 Å². The summed E-state index contributed by atoms with van der Waals surface area (Å²) in [6.45, 7) is 6.67. The first kappa shape index (κ1) is 20.4. The van der Waals surface area contributed by atoms with Crippen LogP contribution in [-0.2, 0) is 4.74 Å². The maximum atomic E-state index is 12.4. The van der Waals surface area contributed by atoms with Crippen LogP contribution in [0.25, 0.3) is 5.57 Å². The predicted octanol–water partition coefficient (Wildman–Crippen LogP) is 4.10. The monoisotopic (exact) mass is 360 g/mol. The molecule has 0 aromatic carbocycles. The second kappa shape index (κ2) is 10.3. The molecule has 1 saturated carbocycles. The van der Waals surface area contributed by atoms with Crippen molar-refractivity contribution in [3.8, 4) is 0 Å². The Hall–Kier alpha value is -1.95. The van der Waals surface area contributed by atoms with E-state index >= 15 is 0 Å². The molecule has 1 fully saturated rings. The molecule has 0 aliphatic heterocycles. The third-order valence-corrected chi connectivity index (χ3v) is 4.76. The van der Waals surface area contributed by atoms with Gasteiger partial charge in [0.15, 0.2) is 5.82 Å². The lowest BCUT2D eigenvalue weighted by Gasteiger charge is -2.29. The van der Waals surface area contributed by atoms with E-state index in [-0.39, 0.29) is 11.9 Å². The minimum atomic E-state index is -0.164. The Bertz CT molecular complexity index is 628. The molecule has 1 aliphatic rings. The standard InChI is InChI=1S/C20H32N4O2/c1-4-5-6-11-26-17-9-7-16(8-10-17)23-20(25)19-22-13-18(24-19)14(2)12-15(3)21/h12-13,16-17,21H,4-11H2,1-3H3,(H,22,24)(H,23,25)/b14-12-,21-15?. The molecule has 0 spiro atoms. The van der Waals surface area contributed by atoms with E-state index in [0.717, 1.165) is 50.0 Å². The number of carbonyl (C=O) groups is 1. The third kappa shape index (κ3) is 6.41. The molecule has 1 heterocycles. The number of aromatic nitrogens is 2. The number of rotatable bonds is 9. The van der Waals surface area contributed by atoms with Crippen LogP contribution in [-0.4, -0.2) is 40.3 Å². The third-order valence-electron chi connectivity index (χ3n) is 4.76. The average Bonchev–Trinajstić information content (AvgIpc) is 3.10. The highest BCUT2D eigenvalue weighted by molar-refractivity contribution is 5.97. The van der Waals surface area contributed by atoms with Gasteiger partial charge in [0.1, 0.15) is 0 Å². The van der Waals surface area contributed by atoms with Crippen LogP contribution < -0.4 is 5.32 Å². The second-order valence-electron chi connectivity index (χ2n) is 7.18. The molecular weight excluding hydrogens is 328 g/mol. The minimum Gasteiger partial charge on any atom is -0.378 e. The fraction of sp³-hybridized carbons (Fsp3) is 0.650. The van der Waals surface area contributed by atoms with Crippen LogP contribution >= 0.6 is 0 Å². The fourth-order valence-electron chi connectivity index (χ4n) is 3.27. The molecule has 26 heavy (non-hydrogen) atoms. The van der Waals surface area contributed by atoms with Crippen LogP contribution in [0.15, 0.2) is 12.3 Å². The average molecular weight is 361 g/mol. The molecule has 0 atom stereocenters. The fourth-order valence-corrected chi connectivity index (χ4v) is 3.27. The zero-order valence-electron chi connectivity index (χ0n) is 16.2. The summed E-state index contributed by atoms with van der Waals surface area (Å²) < 4.78 is 5.93. The quantitative estimate of drug-likeness (QED) is 0.457. The second-order valence-corrected chi connectivity index (χ2v) is 7.18. The summed E-state index contributed by atoms with van der Waals surface area (Å²) in [4.78, 5) is 19.6. The number of unbranched alkanes of at least 4 members (excludes halogenated alkanes) is 2. The van der Waals surface area contributed by atoms with E-state index < -0.39 is 0 Å². The van der Waals surface area contributed by atoms with Crippen molar-refractivity contribution in [1.29, 1.82) is 5.41 Å². The Kier molecular flexibility index (Phi) is 8.04. The molecule has 0 saturated heterocycles. The number of imidazole rings is 1. The van der Waals surface area contributed by atoms with Gasteiger partial charge in [0, 0.05) is 18.4 Å². The number of nitrogens with one attached hydrogen (secondary N) is 3. The van der Waals surface area contributed by atoms with Gasteiger partial charge in [0.2, 0.25) is 0 Å². The number of carbonyl (C=O) groups excluding carboxylic acids is 1. The maximum absolute atomic E-state index is 12.4. The van der Waals surface area contributed by atoms with E-state index in [4.69, 9.17) is 10.1 Å². The summed E-state index contributed by atoms with van der Waals surface area (Å²) in [5.74, 6) is 0.163. The molecule has 1 amide bonds. The van der Waals surface area contributed by atoms with E-state index in [1.807, 2.05) is 6.92 Å². The van der Waals surface area contributed by atoms with E-state index in [1.54, 1.807) is 19.2 Å². The number of allylic oxidation sites excluding steroid dienone is 2. The van der Waals surface area contributed by atoms with Gasteiger partial charge in [-0.2, -0.15) is 0 Å². The van der Waals surface area contributed by atoms with E-state index in [2.05, 4.69) is 22.2 Å². The van der Waals surface area contributed by atoms with E-state index in [1.165, 1.54) is 12.8 Å². The van der Waals surface area contributed by atoms with Gasteiger partial charge >= 0.3 is 0 Å². The van der Waals surface area contributed by atoms with Crippen LogP contribution in [0.2, 0.25) is 0 Å². The number of H-pyrrole nitrogens is 1. The van der Waals surface area contributed by atoms with Gasteiger partial charge in [-0.1, -0.05) is 19.8 Å². The van der Waals surface area contributed by atoms with Crippen molar-refractivity contribution in [2.24, 2.45) is 0 Å². The molecule has 3 N–H and O–H groups in total. The summed E-state index contributed by atoms with van der Waals surface area (Å²) in [6.07, 6.45) is 11.2. The van der Waals surface area contributed by atoms with Crippen LogP contribution in [0.1, 0.15) is 82.0 Å². The lowest BCUT2D eigenvalue weighted by atomic mass is 9.93. The molecule has 0 unspecified atom stereocenters.